The van der Waals surface area contributed by atoms with Gasteiger partial charge in [-0.1, -0.05) is 0 Å². The summed E-state index contributed by atoms with van der Waals surface area (Å²) in [4.78, 5) is 26.0. The molecule has 7 nitrogen and oxygen atoms in total. The fourth-order valence-electron chi connectivity index (χ4n) is 1.52. The summed E-state index contributed by atoms with van der Waals surface area (Å²) in [5.41, 5.74) is 0.591. The summed E-state index contributed by atoms with van der Waals surface area (Å²) in [7, 11) is 1.57. The lowest BCUT2D eigenvalue weighted by molar-refractivity contribution is -0.384. The molecule has 19 heavy (non-hydrogen) atoms. The van der Waals surface area contributed by atoms with Gasteiger partial charge in [-0.2, -0.15) is 0 Å². The van der Waals surface area contributed by atoms with E-state index < -0.39 is 10.8 Å². The topological polar surface area (TPSA) is 90.1 Å². The zero-order valence-electron chi connectivity index (χ0n) is 9.83. The molecule has 98 valence electrons. The molecule has 1 amide bonds. The number of nitrogens with zero attached hydrogens (tertiary/aromatic N) is 3. The lowest BCUT2D eigenvalue weighted by atomic mass is 10.3. The average Bonchev–Trinajstić information content (AvgIpc) is 2.74. The average molecular weight is 325 g/mol. The van der Waals surface area contributed by atoms with Crippen LogP contribution in [0.1, 0.15) is 10.5 Å². The Kier molecular flexibility index (Phi) is 3.61. The molecule has 2 aromatic rings. The van der Waals surface area contributed by atoms with E-state index in [9.17, 15) is 14.9 Å². The van der Waals surface area contributed by atoms with Crippen molar-refractivity contribution in [2.24, 2.45) is 7.05 Å². The number of aromatic nitrogens is 2. The van der Waals surface area contributed by atoms with Crippen molar-refractivity contribution in [3.8, 4) is 0 Å². The second-order valence-corrected chi connectivity index (χ2v) is 4.59. The number of carbonyl (C=O) groups excluding carboxylic acids is 1. The highest BCUT2D eigenvalue weighted by Gasteiger charge is 2.17. The summed E-state index contributed by atoms with van der Waals surface area (Å²) in [6, 6.07) is 4.58. The largest absolute Gasteiger partial charge is 0.340 e. The Balaban J connectivity index is 2.20. The Morgan fingerprint density at radius 3 is 2.79 bits per heavy atom. The minimum Gasteiger partial charge on any atom is -0.340 e. The number of halogens is 1. The maximum atomic E-state index is 12.0. The number of hydrogen-bond acceptors (Lipinski definition) is 4. The number of nitrogens with one attached hydrogen (secondary N) is 1. The molecule has 0 saturated carbocycles. The van der Waals surface area contributed by atoms with Crippen molar-refractivity contribution < 1.29 is 9.72 Å². The minimum atomic E-state index is -0.544. The van der Waals surface area contributed by atoms with Crippen molar-refractivity contribution in [1.29, 1.82) is 0 Å². The molecular formula is C11H9BrN4O3. The van der Waals surface area contributed by atoms with E-state index in [0.717, 1.165) is 0 Å². The molecule has 0 aromatic carbocycles. The van der Waals surface area contributed by atoms with Crippen molar-refractivity contribution in [2.75, 3.05) is 5.32 Å². The van der Waals surface area contributed by atoms with Crippen LogP contribution in [0.3, 0.4) is 0 Å². The van der Waals surface area contributed by atoms with Gasteiger partial charge in [-0.25, -0.2) is 4.98 Å². The summed E-state index contributed by atoms with van der Waals surface area (Å²) >= 11 is 3.18. The smallest absolute Gasteiger partial charge is 0.287 e. The third kappa shape index (κ3) is 2.97. The van der Waals surface area contributed by atoms with Gasteiger partial charge in [0.05, 0.1) is 23.0 Å². The van der Waals surface area contributed by atoms with Crippen LogP contribution in [0.4, 0.5) is 11.4 Å². The standard InChI is InChI=1S/C11H9BrN4O3/c1-15-6-8(16(18)19)4-9(15)11(17)14-7-2-3-10(12)13-5-7/h2-6H,1H3,(H,14,17). The molecule has 8 heteroatoms. The van der Waals surface area contributed by atoms with Gasteiger partial charge in [-0.15, -0.1) is 0 Å². The molecule has 0 saturated heterocycles. The van der Waals surface area contributed by atoms with Crippen LogP contribution in [0, 0.1) is 10.1 Å². The fourth-order valence-corrected chi connectivity index (χ4v) is 1.75. The number of aryl methyl sites for hydroxylation is 1. The van der Waals surface area contributed by atoms with E-state index in [1.54, 1.807) is 19.2 Å². The van der Waals surface area contributed by atoms with E-state index in [4.69, 9.17) is 0 Å². The molecular weight excluding hydrogens is 316 g/mol. The maximum Gasteiger partial charge on any atom is 0.287 e. The van der Waals surface area contributed by atoms with Crippen LogP contribution in [0.25, 0.3) is 0 Å². The monoisotopic (exact) mass is 324 g/mol. The van der Waals surface area contributed by atoms with Crippen LogP contribution in [-0.4, -0.2) is 20.4 Å². The highest BCUT2D eigenvalue weighted by atomic mass is 79.9. The third-order valence-corrected chi connectivity index (χ3v) is 2.89. The lowest BCUT2D eigenvalue weighted by Crippen LogP contribution is -2.15. The molecule has 0 fully saturated rings. The van der Waals surface area contributed by atoms with E-state index in [1.807, 2.05) is 0 Å². The summed E-state index contributed by atoms with van der Waals surface area (Å²) in [6.45, 7) is 0. The molecule has 0 unspecified atom stereocenters. The Morgan fingerprint density at radius 2 is 2.26 bits per heavy atom. The van der Waals surface area contributed by atoms with E-state index in [-0.39, 0.29) is 11.4 Å². The van der Waals surface area contributed by atoms with Crippen LogP contribution in [0.15, 0.2) is 35.2 Å². The summed E-state index contributed by atoms with van der Waals surface area (Å²) in [5, 5.41) is 13.2. The molecule has 0 atom stereocenters. The minimum absolute atomic E-state index is 0.124. The van der Waals surface area contributed by atoms with Gasteiger partial charge in [-0.05, 0) is 28.1 Å². The quantitative estimate of drug-likeness (QED) is 0.533. The van der Waals surface area contributed by atoms with Crippen LogP contribution in [-0.2, 0) is 7.05 Å². The maximum absolute atomic E-state index is 12.0. The van der Waals surface area contributed by atoms with Gasteiger partial charge in [0.1, 0.15) is 10.3 Å². The lowest BCUT2D eigenvalue weighted by Gasteiger charge is -2.05. The number of anilines is 1. The van der Waals surface area contributed by atoms with Crippen LogP contribution in [0.5, 0.6) is 0 Å². The number of nitro groups is 1. The normalized spacial score (nSPS) is 10.2. The first-order valence-electron chi connectivity index (χ1n) is 5.21. The molecule has 1 N–H and O–H groups in total. The van der Waals surface area contributed by atoms with Crippen molar-refractivity contribution in [3.63, 3.8) is 0 Å². The molecule has 0 aliphatic carbocycles. The first-order valence-corrected chi connectivity index (χ1v) is 6.00. The van der Waals surface area contributed by atoms with Crippen molar-refractivity contribution >= 4 is 33.2 Å². The highest BCUT2D eigenvalue weighted by molar-refractivity contribution is 9.10. The first-order chi connectivity index (χ1) is 8.97. The van der Waals surface area contributed by atoms with Gasteiger partial charge < -0.3 is 9.88 Å². The number of amides is 1. The first kappa shape index (κ1) is 13.2. The van der Waals surface area contributed by atoms with Gasteiger partial charge in [0.15, 0.2) is 0 Å². The van der Waals surface area contributed by atoms with E-state index in [1.165, 1.54) is 23.0 Å². The number of hydrogen-bond donors (Lipinski definition) is 1. The van der Waals surface area contributed by atoms with Crippen LogP contribution in [0.2, 0.25) is 0 Å². The Hall–Kier alpha value is -2.22. The summed E-state index contributed by atoms with van der Waals surface area (Å²) < 4.78 is 2.06. The van der Waals surface area contributed by atoms with Crippen molar-refractivity contribution in [2.45, 2.75) is 0 Å². The van der Waals surface area contributed by atoms with Gasteiger partial charge in [0, 0.05) is 13.1 Å². The number of rotatable bonds is 3. The molecule has 0 radical (unpaired) electrons. The molecule has 0 aliphatic heterocycles. The molecule has 0 bridgehead atoms. The van der Waals surface area contributed by atoms with E-state index in [2.05, 4.69) is 26.2 Å². The molecule has 2 aromatic heterocycles. The SMILES string of the molecule is Cn1cc([N+](=O)[O-])cc1C(=O)Nc1ccc(Br)nc1. The summed E-state index contributed by atoms with van der Waals surface area (Å²) in [5.74, 6) is -0.431. The fraction of sp³-hybridized carbons (Fsp3) is 0.0909. The third-order valence-electron chi connectivity index (χ3n) is 2.42. The second-order valence-electron chi connectivity index (χ2n) is 3.78. The molecule has 0 spiro atoms. The van der Waals surface area contributed by atoms with Crippen LogP contribution < -0.4 is 5.32 Å². The van der Waals surface area contributed by atoms with Gasteiger partial charge in [0.2, 0.25) is 0 Å². The summed E-state index contributed by atoms with van der Waals surface area (Å²) in [6.07, 6.45) is 2.77. The number of pyridine rings is 1. The Labute approximate surface area is 116 Å². The zero-order chi connectivity index (χ0) is 14.0. The van der Waals surface area contributed by atoms with Crippen LogP contribution >= 0.6 is 15.9 Å². The highest BCUT2D eigenvalue weighted by Crippen LogP contribution is 2.17. The van der Waals surface area contributed by atoms with Crippen molar-refractivity contribution in [3.05, 3.63) is 51.0 Å². The molecule has 2 heterocycles. The molecule has 2 rings (SSSR count). The predicted octanol–water partition coefficient (Wildman–Crippen LogP) is 2.34. The zero-order valence-corrected chi connectivity index (χ0v) is 11.4. The molecule has 0 aliphatic rings. The second kappa shape index (κ2) is 5.19. The number of carbonyl (C=O) groups is 1. The Bertz CT molecular complexity index is 636. The van der Waals surface area contributed by atoms with E-state index >= 15 is 0 Å². The van der Waals surface area contributed by atoms with Gasteiger partial charge in [-0.3, -0.25) is 14.9 Å². The van der Waals surface area contributed by atoms with E-state index in [0.29, 0.717) is 10.3 Å². The Morgan fingerprint density at radius 1 is 1.53 bits per heavy atom. The predicted molar refractivity (Wildman–Crippen MR) is 72.0 cm³/mol. The van der Waals surface area contributed by atoms with Gasteiger partial charge in [0.25, 0.3) is 11.6 Å². The van der Waals surface area contributed by atoms with Gasteiger partial charge >= 0.3 is 0 Å². The van der Waals surface area contributed by atoms with Crippen molar-refractivity contribution in [1.82, 2.24) is 9.55 Å².